The van der Waals surface area contributed by atoms with E-state index < -0.39 is 5.82 Å². The van der Waals surface area contributed by atoms with E-state index in [0.717, 1.165) is 18.8 Å². The third kappa shape index (κ3) is 4.68. The number of hydrogen-bond acceptors (Lipinski definition) is 4. The van der Waals surface area contributed by atoms with Crippen LogP contribution in [0.4, 0.5) is 10.3 Å². The lowest BCUT2D eigenvalue weighted by atomic mass is 10.4. The van der Waals surface area contributed by atoms with Gasteiger partial charge in [0.25, 0.3) is 0 Å². The van der Waals surface area contributed by atoms with Gasteiger partial charge in [-0.2, -0.15) is 0 Å². The summed E-state index contributed by atoms with van der Waals surface area (Å²) >= 11 is 0. The minimum atomic E-state index is -0.480. The van der Waals surface area contributed by atoms with Crippen LogP contribution in [0.3, 0.4) is 0 Å². The smallest absolute Gasteiger partial charge is 0.222 e. The fraction of sp³-hybridized carbons (Fsp3) is 0.500. The summed E-state index contributed by atoms with van der Waals surface area (Å²) in [6.07, 6.45) is 3.42. The molecule has 6 heteroatoms. The second-order valence-corrected chi connectivity index (χ2v) is 3.25. The minimum Gasteiger partial charge on any atom is -0.356 e. The van der Waals surface area contributed by atoms with E-state index in [1.807, 2.05) is 6.92 Å². The van der Waals surface area contributed by atoms with E-state index in [2.05, 4.69) is 20.6 Å². The molecule has 88 valence electrons. The lowest BCUT2D eigenvalue weighted by molar-refractivity contribution is -0.120. The molecule has 1 heterocycles. The maximum Gasteiger partial charge on any atom is 0.222 e. The first-order valence-electron chi connectivity index (χ1n) is 5.20. The van der Waals surface area contributed by atoms with Crippen molar-refractivity contribution in [1.82, 2.24) is 15.3 Å². The highest BCUT2D eigenvalue weighted by Gasteiger charge is 2.00. The fourth-order valence-electron chi connectivity index (χ4n) is 1.04. The lowest BCUT2D eigenvalue weighted by Crippen LogP contribution is -2.26. The highest BCUT2D eigenvalue weighted by molar-refractivity contribution is 5.76. The molecule has 0 radical (unpaired) electrons. The Hall–Kier alpha value is -1.72. The quantitative estimate of drug-likeness (QED) is 0.757. The van der Waals surface area contributed by atoms with Gasteiger partial charge in [0.05, 0.1) is 12.4 Å². The number of carbonyl (C=O) groups is 1. The molecule has 1 rings (SSSR count). The predicted molar refractivity (Wildman–Crippen MR) is 58.4 cm³/mol. The van der Waals surface area contributed by atoms with E-state index in [1.54, 1.807) is 0 Å². The molecule has 2 N–H and O–H groups in total. The molecule has 0 unspecified atom stereocenters. The average Bonchev–Trinajstić information content (AvgIpc) is 2.29. The number of aromatic nitrogens is 2. The molecule has 0 atom stereocenters. The van der Waals surface area contributed by atoms with Crippen molar-refractivity contribution in [3.05, 3.63) is 18.2 Å². The maximum absolute atomic E-state index is 12.5. The molecule has 1 aromatic rings. The SMILES string of the molecule is CCCNC(=O)CCNc1ncc(F)cn1. The largest absolute Gasteiger partial charge is 0.356 e. The summed E-state index contributed by atoms with van der Waals surface area (Å²) in [5.74, 6) is -0.174. The third-order valence-electron chi connectivity index (χ3n) is 1.83. The van der Waals surface area contributed by atoms with E-state index in [1.165, 1.54) is 0 Å². The molecule has 0 fully saturated rings. The van der Waals surface area contributed by atoms with Crippen molar-refractivity contribution in [1.29, 1.82) is 0 Å². The first kappa shape index (κ1) is 12.4. The molecule has 16 heavy (non-hydrogen) atoms. The van der Waals surface area contributed by atoms with Crippen molar-refractivity contribution in [2.45, 2.75) is 19.8 Å². The minimum absolute atomic E-state index is 0.0172. The number of anilines is 1. The molecule has 0 aliphatic carbocycles. The van der Waals surface area contributed by atoms with Gasteiger partial charge < -0.3 is 10.6 Å². The second-order valence-electron chi connectivity index (χ2n) is 3.25. The molecule has 0 aliphatic rings. The molecule has 1 aromatic heterocycles. The molecule has 0 aromatic carbocycles. The molecule has 0 spiro atoms. The molecular weight excluding hydrogens is 211 g/mol. The fourth-order valence-corrected chi connectivity index (χ4v) is 1.04. The molecule has 0 bridgehead atoms. The zero-order valence-electron chi connectivity index (χ0n) is 9.16. The van der Waals surface area contributed by atoms with E-state index in [-0.39, 0.29) is 5.91 Å². The van der Waals surface area contributed by atoms with Gasteiger partial charge in [0, 0.05) is 19.5 Å². The van der Waals surface area contributed by atoms with Crippen molar-refractivity contribution in [2.75, 3.05) is 18.4 Å². The summed E-state index contributed by atoms with van der Waals surface area (Å²) in [6, 6.07) is 0. The summed E-state index contributed by atoms with van der Waals surface area (Å²) in [7, 11) is 0. The van der Waals surface area contributed by atoms with Crippen LogP contribution in [-0.2, 0) is 4.79 Å². The van der Waals surface area contributed by atoms with E-state index in [0.29, 0.717) is 25.5 Å². The van der Waals surface area contributed by atoms with Crippen LogP contribution < -0.4 is 10.6 Å². The number of nitrogens with one attached hydrogen (secondary N) is 2. The zero-order chi connectivity index (χ0) is 11.8. The van der Waals surface area contributed by atoms with Crippen molar-refractivity contribution in [3.8, 4) is 0 Å². The van der Waals surface area contributed by atoms with Crippen LogP contribution in [0.2, 0.25) is 0 Å². The van der Waals surface area contributed by atoms with Gasteiger partial charge in [-0.1, -0.05) is 6.92 Å². The molecular formula is C10H15FN4O. The van der Waals surface area contributed by atoms with Crippen LogP contribution in [0.15, 0.2) is 12.4 Å². The normalized spacial score (nSPS) is 9.88. The lowest BCUT2D eigenvalue weighted by Gasteiger charge is -2.04. The number of nitrogens with zero attached hydrogens (tertiary/aromatic N) is 2. The van der Waals surface area contributed by atoms with Crippen LogP contribution in [0.1, 0.15) is 19.8 Å². The summed E-state index contributed by atoms with van der Waals surface area (Å²) in [6.45, 7) is 3.11. The first-order chi connectivity index (χ1) is 7.72. The summed E-state index contributed by atoms with van der Waals surface area (Å²) in [5.41, 5.74) is 0. The van der Waals surface area contributed by atoms with Crippen molar-refractivity contribution < 1.29 is 9.18 Å². The third-order valence-corrected chi connectivity index (χ3v) is 1.83. The maximum atomic E-state index is 12.5. The van der Waals surface area contributed by atoms with Crippen LogP contribution in [-0.4, -0.2) is 29.0 Å². The predicted octanol–water partition coefficient (Wildman–Crippen LogP) is 0.944. The van der Waals surface area contributed by atoms with Crippen LogP contribution in [0.25, 0.3) is 0 Å². The van der Waals surface area contributed by atoms with Crippen molar-refractivity contribution >= 4 is 11.9 Å². The van der Waals surface area contributed by atoms with Crippen LogP contribution in [0, 0.1) is 5.82 Å². The molecule has 0 saturated heterocycles. The van der Waals surface area contributed by atoms with Gasteiger partial charge in [-0.3, -0.25) is 4.79 Å². The topological polar surface area (TPSA) is 66.9 Å². The Balaban J connectivity index is 2.20. The van der Waals surface area contributed by atoms with Crippen molar-refractivity contribution in [3.63, 3.8) is 0 Å². The number of amides is 1. The molecule has 0 saturated carbocycles. The van der Waals surface area contributed by atoms with Crippen molar-refractivity contribution in [2.24, 2.45) is 0 Å². The van der Waals surface area contributed by atoms with E-state index >= 15 is 0 Å². The van der Waals surface area contributed by atoms with Gasteiger partial charge in [-0.15, -0.1) is 0 Å². The summed E-state index contributed by atoms with van der Waals surface area (Å²) in [4.78, 5) is 18.6. The Kier molecular flexibility index (Phi) is 5.18. The van der Waals surface area contributed by atoms with E-state index in [4.69, 9.17) is 0 Å². The number of hydrogen-bond donors (Lipinski definition) is 2. The molecule has 1 amide bonds. The Morgan fingerprint density at radius 1 is 1.38 bits per heavy atom. The summed E-state index contributed by atoms with van der Waals surface area (Å²) in [5, 5.41) is 5.58. The van der Waals surface area contributed by atoms with Gasteiger partial charge in [0.2, 0.25) is 11.9 Å². The van der Waals surface area contributed by atoms with Gasteiger partial charge in [-0.25, -0.2) is 14.4 Å². The second kappa shape index (κ2) is 6.71. The zero-order valence-corrected chi connectivity index (χ0v) is 9.16. The Morgan fingerprint density at radius 2 is 2.06 bits per heavy atom. The van der Waals surface area contributed by atoms with Gasteiger partial charge in [-0.05, 0) is 6.42 Å². The summed E-state index contributed by atoms with van der Waals surface area (Å²) < 4.78 is 12.5. The average molecular weight is 226 g/mol. The molecule has 0 aliphatic heterocycles. The monoisotopic (exact) mass is 226 g/mol. The van der Waals surface area contributed by atoms with Gasteiger partial charge in [0.15, 0.2) is 5.82 Å². The van der Waals surface area contributed by atoms with Crippen LogP contribution in [0.5, 0.6) is 0 Å². The van der Waals surface area contributed by atoms with Crippen LogP contribution >= 0.6 is 0 Å². The number of halogens is 1. The van der Waals surface area contributed by atoms with E-state index in [9.17, 15) is 9.18 Å². The van der Waals surface area contributed by atoms with Gasteiger partial charge in [0.1, 0.15) is 0 Å². The number of rotatable bonds is 6. The highest BCUT2D eigenvalue weighted by Crippen LogP contribution is 1.97. The Morgan fingerprint density at radius 3 is 2.69 bits per heavy atom. The molecule has 5 nitrogen and oxygen atoms in total. The number of carbonyl (C=O) groups excluding carboxylic acids is 1. The highest BCUT2D eigenvalue weighted by atomic mass is 19.1. The Bertz CT molecular complexity index is 328. The Labute approximate surface area is 93.5 Å². The first-order valence-corrected chi connectivity index (χ1v) is 5.20. The van der Waals surface area contributed by atoms with Gasteiger partial charge >= 0.3 is 0 Å². The standard InChI is InChI=1S/C10H15FN4O/c1-2-4-12-9(16)3-5-13-10-14-6-8(11)7-15-10/h6-7H,2-5H2,1H3,(H,12,16)(H,13,14,15).